The molecule has 1 N–H and O–H groups in total. The number of hydrogen-bond acceptors (Lipinski definition) is 3. The van der Waals surface area contributed by atoms with Crippen molar-refractivity contribution >= 4 is 5.91 Å². The molecular formula is C19H25N3O2. The van der Waals surface area contributed by atoms with Crippen molar-refractivity contribution in [1.29, 1.82) is 0 Å². The van der Waals surface area contributed by atoms with E-state index in [9.17, 15) is 9.90 Å². The van der Waals surface area contributed by atoms with Gasteiger partial charge in [-0.3, -0.25) is 4.79 Å². The summed E-state index contributed by atoms with van der Waals surface area (Å²) >= 11 is 0. The third-order valence-corrected chi connectivity index (χ3v) is 4.71. The van der Waals surface area contributed by atoms with Crippen LogP contribution in [0.5, 0.6) is 0 Å². The van der Waals surface area contributed by atoms with Gasteiger partial charge in [0.05, 0.1) is 11.8 Å². The van der Waals surface area contributed by atoms with Gasteiger partial charge in [-0.15, -0.1) is 0 Å². The summed E-state index contributed by atoms with van der Waals surface area (Å²) in [6, 6.07) is 8.13. The van der Waals surface area contributed by atoms with Gasteiger partial charge in [0.1, 0.15) is 0 Å². The summed E-state index contributed by atoms with van der Waals surface area (Å²) in [5.74, 6) is -0.0545. The molecule has 0 fully saturated rings. The van der Waals surface area contributed by atoms with Gasteiger partial charge in [0, 0.05) is 24.8 Å². The molecule has 5 heteroatoms. The Morgan fingerprint density at radius 1 is 1.38 bits per heavy atom. The van der Waals surface area contributed by atoms with Crippen LogP contribution in [0, 0.1) is 6.92 Å². The number of carbonyl (C=O) groups is 1. The first-order valence-electron chi connectivity index (χ1n) is 8.59. The van der Waals surface area contributed by atoms with Crippen LogP contribution in [0.15, 0.2) is 24.3 Å². The summed E-state index contributed by atoms with van der Waals surface area (Å²) in [4.78, 5) is 14.5. The predicted octanol–water partition coefficient (Wildman–Crippen LogP) is 2.51. The molecule has 0 saturated heterocycles. The highest BCUT2D eigenvalue weighted by Crippen LogP contribution is 2.29. The van der Waals surface area contributed by atoms with Crippen molar-refractivity contribution < 1.29 is 9.90 Å². The van der Waals surface area contributed by atoms with Crippen LogP contribution in [0.1, 0.15) is 47.1 Å². The fourth-order valence-electron chi connectivity index (χ4n) is 3.27. The van der Waals surface area contributed by atoms with Crippen LogP contribution in [-0.4, -0.2) is 45.4 Å². The predicted molar refractivity (Wildman–Crippen MR) is 93.6 cm³/mol. The standard InChI is InChI=1S/C19H25N3O2/c1-13-7-4-5-9-16(13)22-17-10-6-8-15(17)18(20-22)19(24)21(3)12-11-14(2)23/h4-5,7,9,14,23H,6,8,10-12H2,1-3H3. The minimum absolute atomic E-state index is 0.0545. The molecule has 0 saturated carbocycles. The zero-order valence-electron chi connectivity index (χ0n) is 14.6. The van der Waals surface area contributed by atoms with Gasteiger partial charge in [-0.2, -0.15) is 5.10 Å². The summed E-state index contributed by atoms with van der Waals surface area (Å²) in [5.41, 5.74) is 5.01. The second-order valence-electron chi connectivity index (χ2n) is 6.69. The highest BCUT2D eigenvalue weighted by atomic mass is 16.3. The number of para-hydroxylation sites is 1. The van der Waals surface area contributed by atoms with E-state index in [1.165, 1.54) is 0 Å². The lowest BCUT2D eigenvalue weighted by Gasteiger charge is -2.17. The van der Waals surface area contributed by atoms with Crippen molar-refractivity contribution in [3.05, 3.63) is 46.8 Å². The molecule has 1 aliphatic carbocycles. The maximum atomic E-state index is 12.8. The molecule has 5 nitrogen and oxygen atoms in total. The summed E-state index contributed by atoms with van der Waals surface area (Å²) in [5, 5.41) is 14.1. The lowest BCUT2D eigenvalue weighted by atomic mass is 10.1. The summed E-state index contributed by atoms with van der Waals surface area (Å²) in [7, 11) is 1.78. The third-order valence-electron chi connectivity index (χ3n) is 4.71. The van der Waals surface area contributed by atoms with Crippen molar-refractivity contribution in [3.8, 4) is 5.69 Å². The van der Waals surface area contributed by atoms with E-state index in [1.54, 1.807) is 18.9 Å². The van der Waals surface area contributed by atoms with E-state index >= 15 is 0 Å². The van der Waals surface area contributed by atoms with Gasteiger partial charge in [0.25, 0.3) is 5.91 Å². The molecular weight excluding hydrogens is 302 g/mol. The Balaban J connectivity index is 1.95. The third kappa shape index (κ3) is 3.08. The minimum atomic E-state index is -0.407. The van der Waals surface area contributed by atoms with Crippen molar-refractivity contribution in [3.63, 3.8) is 0 Å². The number of aliphatic hydroxyl groups excluding tert-OH is 1. The zero-order valence-corrected chi connectivity index (χ0v) is 14.6. The maximum Gasteiger partial charge on any atom is 0.274 e. The van der Waals surface area contributed by atoms with Crippen LogP contribution in [-0.2, 0) is 12.8 Å². The monoisotopic (exact) mass is 327 g/mol. The zero-order chi connectivity index (χ0) is 17.3. The molecule has 0 aliphatic heterocycles. The quantitative estimate of drug-likeness (QED) is 0.918. The Morgan fingerprint density at radius 3 is 2.83 bits per heavy atom. The number of aryl methyl sites for hydroxylation is 1. The molecule has 2 aromatic rings. The molecule has 1 unspecified atom stereocenters. The van der Waals surface area contributed by atoms with Crippen molar-refractivity contribution in [2.24, 2.45) is 0 Å². The summed E-state index contributed by atoms with van der Waals surface area (Å²) in [6.45, 7) is 4.33. The second kappa shape index (κ2) is 6.77. The van der Waals surface area contributed by atoms with Gasteiger partial charge in [-0.25, -0.2) is 4.68 Å². The first-order chi connectivity index (χ1) is 11.5. The molecule has 1 atom stereocenters. The van der Waals surface area contributed by atoms with E-state index in [4.69, 9.17) is 0 Å². The van der Waals surface area contributed by atoms with E-state index in [0.29, 0.717) is 18.7 Å². The molecule has 1 aromatic heterocycles. The van der Waals surface area contributed by atoms with Crippen LogP contribution in [0.3, 0.4) is 0 Å². The topological polar surface area (TPSA) is 58.4 Å². The van der Waals surface area contributed by atoms with Gasteiger partial charge >= 0.3 is 0 Å². The van der Waals surface area contributed by atoms with Crippen LogP contribution in [0.2, 0.25) is 0 Å². The fourth-order valence-corrected chi connectivity index (χ4v) is 3.27. The molecule has 3 rings (SSSR count). The number of fused-ring (bicyclic) bond motifs is 1. The maximum absolute atomic E-state index is 12.8. The number of carbonyl (C=O) groups excluding carboxylic acids is 1. The second-order valence-corrected chi connectivity index (χ2v) is 6.69. The average Bonchev–Trinajstić information content (AvgIpc) is 3.15. The minimum Gasteiger partial charge on any atom is -0.393 e. The van der Waals surface area contributed by atoms with Crippen LogP contribution < -0.4 is 0 Å². The Bertz CT molecular complexity index is 749. The van der Waals surface area contributed by atoms with E-state index in [0.717, 1.165) is 41.8 Å². The molecule has 24 heavy (non-hydrogen) atoms. The molecule has 0 radical (unpaired) electrons. The van der Waals surface area contributed by atoms with Crippen LogP contribution in [0.25, 0.3) is 5.69 Å². The smallest absolute Gasteiger partial charge is 0.274 e. The van der Waals surface area contributed by atoms with Gasteiger partial charge in [0.15, 0.2) is 5.69 Å². The number of aliphatic hydroxyl groups is 1. The number of benzene rings is 1. The Labute approximate surface area is 142 Å². The Hall–Kier alpha value is -2.14. The molecule has 1 aliphatic rings. The van der Waals surface area contributed by atoms with Crippen molar-refractivity contribution in [1.82, 2.24) is 14.7 Å². The number of rotatable bonds is 5. The van der Waals surface area contributed by atoms with Gasteiger partial charge in [0.2, 0.25) is 0 Å². The number of aromatic nitrogens is 2. The van der Waals surface area contributed by atoms with Crippen molar-refractivity contribution in [2.75, 3.05) is 13.6 Å². The van der Waals surface area contributed by atoms with E-state index in [-0.39, 0.29) is 5.91 Å². The fraction of sp³-hybridized carbons (Fsp3) is 0.474. The highest BCUT2D eigenvalue weighted by molar-refractivity contribution is 5.94. The van der Waals surface area contributed by atoms with E-state index < -0.39 is 6.10 Å². The largest absolute Gasteiger partial charge is 0.393 e. The van der Waals surface area contributed by atoms with E-state index in [2.05, 4.69) is 18.1 Å². The normalized spacial score (nSPS) is 14.5. The summed E-state index contributed by atoms with van der Waals surface area (Å²) < 4.78 is 1.95. The first-order valence-corrected chi connectivity index (χ1v) is 8.59. The SMILES string of the molecule is Cc1ccccc1-n1nc(C(=O)N(C)CCC(C)O)c2c1CCC2. The van der Waals surface area contributed by atoms with Crippen LogP contribution in [0.4, 0.5) is 0 Å². The number of nitrogens with zero attached hydrogens (tertiary/aromatic N) is 3. The number of amides is 1. The van der Waals surface area contributed by atoms with Gasteiger partial charge in [-0.05, 0) is 51.2 Å². The first kappa shape index (κ1) is 16.7. The molecule has 1 aromatic carbocycles. The van der Waals surface area contributed by atoms with Gasteiger partial charge in [-0.1, -0.05) is 18.2 Å². The number of hydrogen-bond donors (Lipinski definition) is 1. The molecule has 128 valence electrons. The summed E-state index contributed by atoms with van der Waals surface area (Å²) in [6.07, 6.45) is 3.10. The van der Waals surface area contributed by atoms with Crippen molar-refractivity contribution in [2.45, 2.75) is 45.6 Å². The average molecular weight is 327 g/mol. The highest BCUT2D eigenvalue weighted by Gasteiger charge is 2.28. The van der Waals surface area contributed by atoms with E-state index in [1.807, 2.05) is 22.9 Å². The van der Waals surface area contributed by atoms with Crippen LogP contribution >= 0.6 is 0 Å². The Morgan fingerprint density at radius 2 is 2.12 bits per heavy atom. The lowest BCUT2D eigenvalue weighted by Crippen LogP contribution is -2.30. The van der Waals surface area contributed by atoms with Gasteiger partial charge < -0.3 is 10.0 Å². The Kier molecular flexibility index (Phi) is 4.71. The molecule has 0 bridgehead atoms. The molecule has 1 amide bonds. The molecule has 1 heterocycles. The molecule has 0 spiro atoms. The lowest BCUT2D eigenvalue weighted by molar-refractivity contribution is 0.0761.